The zero-order chi connectivity index (χ0) is 13.2. The minimum absolute atomic E-state index is 0.246. The largest absolute Gasteiger partial charge is 0.383 e. The lowest BCUT2D eigenvalue weighted by Crippen LogP contribution is -2.03. The van der Waals surface area contributed by atoms with Crippen LogP contribution in [-0.4, -0.2) is 20.2 Å². The number of rotatable bonds is 2. The number of pyridine rings is 1. The highest BCUT2D eigenvalue weighted by molar-refractivity contribution is 5.87. The van der Waals surface area contributed by atoms with Gasteiger partial charge in [-0.15, -0.1) is 0 Å². The van der Waals surface area contributed by atoms with Gasteiger partial charge in [0.05, 0.1) is 11.1 Å². The molecule has 0 radical (unpaired) electrons. The van der Waals surface area contributed by atoms with E-state index in [0.717, 1.165) is 16.5 Å². The normalized spacial score (nSPS) is 10.5. The summed E-state index contributed by atoms with van der Waals surface area (Å²) in [6.45, 7) is 0. The molecule has 0 fully saturated rings. The average molecular weight is 250 g/mol. The number of nitrogen functional groups attached to an aromatic ring is 1. The number of nitriles is 1. The minimum atomic E-state index is 0.246. The predicted molar refractivity (Wildman–Crippen MR) is 70.1 cm³/mol. The average Bonchev–Trinajstić information content (AvgIpc) is 2.92. The smallest absolute Gasteiger partial charge is 0.142 e. The Bertz CT molecular complexity index is 770. The maximum absolute atomic E-state index is 9.27. The van der Waals surface area contributed by atoms with Gasteiger partial charge in [0.1, 0.15) is 24.0 Å². The molecule has 6 nitrogen and oxygen atoms in total. The summed E-state index contributed by atoms with van der Waals surface area (Å²) in [5.41, 5.74) is 7.84. The Morgan fingerprint density at radius 3 is 2.89 bits per heavy atom. The molecular formula is C13H10N6. The van der Waals surface area contributed by atoms with Gasteiger partial charge in [0.25, 0.3) is 0 Å². The van der Waals surface area contributed by atoms with Gasteiger partial charge in [-0.2, -0.15) is 10.4 Å². The second-order valence-electron chi connectivity index (χ2n) is 4.09. The Morgan fingerprint density at radius 1 is 1.32 bits per heavy atom. The molecule has 6 heteroatoms. The van der Waals surface area contributed by atoms with Crippen molar-refractivity contribution in [2.24, 2.45) is 0 Å². The van der Waals surface area contributed by atoms with Gasteiger partial charge in [-0.05, 0) is 11.6 Å². The van der Waals surface area contributed by atoms with Crippen LogP contribution in [0, 0.1) is 11.3 Å². The maximum Gasteiger partial charge on any atom is 0.142 e. The van der Waals surface area contributed by atoms with Gasteiger partial charge in [-0.25, -0.2) is 9.97 Å². The van der Waals surface area contributed by atoms with Crippen LogP contribution in [0.4, 0.5) is 5.82 Å². The summed E-state index contributed by atoms with van der Waals surface area (Å²) in [6.07, 6.45) is 1.91. The Hall–Kier alpha value is -2.94. The van der Waals surface area contributed by atoms with Crippen molar-refractivity contribution in [3.05, 3.63) is 47.5 Å². The van der Waals surface area contributed by atoms with E-state index in [4.69, 9.17) is 5.73 Å². The summed E-state index contributed by atoms with van der Waals surface area (Å²) < 4.78 is 0. The molecule has 1 aromatic carbocycles. The molecule has 3 N–H and O–H groups in total. The molecule has 0 saturated carbocycles. The first kappa shape index (κ1) is 11.2. The number of nitrogens with two attached hydrogens (primary N) is 1. The van der Waals surface area contributed by atoms with Crippen LogP contribution in [0.2, 0.25) is 0 Å². The lowest BCUT2D eigenvalue weighted by Gasteiger charge is -2.09. The molecule has 0 atom stereocenters. The van der Waals surface area contributed by atoms with Crippen LogP contribution in [0.1, 0.15) is 17.0 Å². The first-order chi connectivity index (χ1) is 9.29. The predicted octanol–water partition coefficient (Wildman–Crippen LogP) is 1.40. The van der Waals surface area contributed by atoms with Gasteiger partial charge in [-0.3, -0.25) is 5.10 Å². The molecule has 3 rings (SSSR count). The number of aromatic amines is 1. The van der Waals surface area contributed by atoms with Gasteiger partial charge >= 0.3 is 0 Å². The lowest BCUT2D eigenvalue weighted by molar-refractivity contribution is 0.974. The monoisotopic (exact) mass is 250 g/mol. The summed E-state index contributed by atoms with van der Waals surface area (Å²) in [6, 6.07) is 9.71. The number of benzene rings is 1. The summed E-state index contributed by atoms with van der Waals surface area (Å²) in [7, 11) is 0. The Kier molecular flexibility index (Phi) is 2.58. The molecule has 2 heterocycles. The Morgan fingerprint density at radius 2 is 2.16 bits per heavy atom. The van der Waals surface area contributed by atoms with E-state index in [-0.39, 0.29) is 5.82 Å². The van der Waals surface area contributed by atoms with Crippen molar-refractivity contribution >= 4 is 16.7 Å². The van der Waals surface area contributed by atoms with E-state index in [2.05, 4.69) is 26.2 Å². The third-order valence-corrected chi connectivity index (χ3v) is 2.95. The molecule has 0 unspecified atom stereocenters. The molecule has 3 aromatic rings. The molecule has 0 bridgehead atoms. The molecule has 19 heavy (non-hydrogen) atoms. The summed E-state index contributed by atoms with van der Waals surface area (Å²) in [5.74, 6) is 0.933. The number of hydrogen-bond donors (Lipinski definition) is 2. The first-order valence-corrected chi connectivity index (χ1v) is 5.71. The highest BCUT2D eigenvalue weighted by atomic mass is 15.2. The fraction of sp³-hybridized carbons (Fsp3) is 0.0769. The third-order valence-electron chi connectivity index (χ3n) is 2.95. The number of fused-ring (bicyclic) bond motifs is 1. The van der Waals surface area contributed by atoms with Crippen LogP contribution < -0.4 is 5.73 Å². The van der Waals surface area contributed by atoms with Gasteiger partial charge in [0, 0.05) is 11.8 Å². The lowest BCUT2D eigenvalue weighted by atomic mass is 10.00. The van der Waals surface area contributed by atoms with E-state index >= 15 is 0 Å². The van der Waals surface area contributed by atoms with E-state index in [1.54, 1.807) is 0 Å². The van der Waals surface area contributed by atoms with Crippen LogP contribution in [0.5, 0.6) is 0 Å². The third kappa shape index (κ3) is 1.87. The number of hydrogen-bond acceptors (Lipinski definition) is 5. The molecule has 0 aliphatic carbocycles. The Labute approximate surface area is 108 Å². The zero-order valence-corrected chi connectivity index (χ0v) is 9.96. The quantitative estimate of drug-likeness (QED) is 0.715. The summed E-state index contributed by atoms with van der Waals surface area (Å²) in [5, 5.41) is 16.8. The first-order valence-electron chi connectivity index (χ1n) is 5.71. The molecule has 92 valence electrons. The molecule has 0 aliphatic heterocycles. The molecule has 0 saturated heterocycles. The number of H-pyrrole nitrogens is 1. The second kappa shape index (κ2) is 4.38. The van der Waals surface area contributed by atoms with Crippen molar-refractivity contribution in [1.29, 1.82) is 5.26 Å². The standard InChI is InChI=1S/C13H10N6/c14-6-10-9(5-12-16-7-17-19-12)8-3-1-2-4-11(8)18-13(10)15/h1-4,7H,5H2,(H2,15,18)(H,16,17,19). The SMILES string of the molecule is N#Cc1c(N)nc2ccccc2c1Cc1ncn[nH]1. The van der Waals surface area contributed by atoms with Gasteiger partial charge in [0.2, 0.25) is 0 Å². The van der Waals surface area contributed by atoms with Crippen molar-refractivity contribution in [1.82, 2.24) is 20.2 Å². The maximum atomic E-state index is 9.27. The number of nitrogens with one attached hydrogen (secondary N) is 1. The Balaban J connectivity index is 2.27. The number of nitrogens with zero attached hydrogens (tertiary/aromatic N) is 4. The van der Waals surface area contributed by atoms with Crippen molar-refractivity contribution in [3.63, 3.8) is 0 Å². The van der Waals surface area contributed by atoms with E-state index < -0.39 is 0 Å². The fourth-order valence-electron chi connectivity index (χ4n) is 2.09. The fourth-order valence-corrected chi connectivity index (χ4v) is 2.09. The van der Waals surface area contributed by atoms with Crippen molar-refractivity contribution < 1.29 is 0 Å². The van der Waals surface area contributed by atoms with E-state index in [1.165, 1.54) is 6.33 Å². The van der Waals surface area contributed by atoms with Crippen molar-refractivity contribution in [3.8, 4) is 6.07 Å². The molecular weight excluding hydrogens is 240 g/mol. The van der Waals surface area contributed by atoms with Crippen LogP contribution in [-0.2, 0) is 6.42 Å². The summed E-state index contributed by atoms with van der Waals surface area (Å²) >= 11 is 0. The highest BCUT2D eigenvalue weighted by Crippen LogP contribution is 2.25. The van der Waals surface area contributed by atoms with E-state index in [9.17, 15) is 5.26 Å². The van der Waals surface area contributed by atoms with Gasteiger partial charge in [0.15, 0.2) is 0 Å². The van der Waals surface area contributed by atoms with Crippen LogP contribution in [0.25, 0.3) is 10.9 Å². The van der Waals surface area contributed by atoms with Crippen LogP contribution >= 0.6 is 0 Å². The van der Waals surface area contributed by atoms with Gasteiger partial charge < -0.3 is 5.73 Å². The molecule has 0 aliphatic rings. The van der Waals surface area contributed by atoms with Crippen molar-refractivity contribution in [2.75, 3.05) is 5.73 Å². The van der Waals surface area contributed by atoms with Crippen LogP contribution in [0.15, 0.2) is 30.6 Å². The van der Waals surface area contributed by atoms with Crippen LogP contribution in [0.3, 0.4) is 0 Å². The topological polar surface area (TPSA) is 104 Å². The number of anilines is 1. The van der Waals surface area contributed by atoms with Crippen molar-refractivity contribution in [2.45, 2.75) is 6.42 Å². The van der Waals surface area contributed by atoms with Gasteiger partial charge in [-0.1, -0.05) is 18.2 Å². The minimum Gasteiger partial charge on any atom is -0.383 e. The zero-order valence-electron chi connectivity index (χ0n) is 9.96. The second-order valence-corrected chi connectivity index (χ2v) is 4.09. The van der Waals surface area contributed by atoms with E-state index in [1.807, 2.05) is 24.3 Å². The molecule has 0 spiro atoms. The highest BCUT2D eigenvalue weighted by Gasteiger charge is 2.14. The number of para-hydroxylation sites is 1. The molecule has 2 aromatic heterocycles. The molecule has 0 amide bonds. The summed E-state index contributed by atoms with van der Waals surface area (Å²) in [4.78, 5) is 8.33. The number of aromatic nitrogens is 4. The van der Waals surface area contributed by atoms with E-state index in [0.29, 0.717) is 17.8 Å².